The Kier molecular flexibility index (Phi) is 5.00. The van der Waals surface area contributed by atoms with Gasteiger partial charge in [0, 0.05) is 31.0 Å². The van der Waals surface area contributed by atoms with Crippen molar-refractivity contribution in [3.8, 4) is 0 Å². The molecule has 0 saturated carbocycles. The molecule has 7 nitrogen and oxygen atoms in total. The first kappa shape index (κ1) is 15.9. The lowest BCUT2D eigenvalue weighted by molar-refractivity contribution is -0.126. The number of hydrogen-bond donors (Lipinski definition) is 2. The number of amides is 2. The van der Waals surface area contributed by atoms with Gasteiger partial charge in [0.2, 0.25) is 11.9 Å². The second-order valence-electron chi connectivity index (χ2n) is 5.64. The number of piperidine rings is 1. The van der Waals surface area contributed by atoms with Crippen LogP contribution in [0, 0.1) is 5.92 Å². The van der Waals surface area contributed by atoms with Crippen molar-refractivity contribution in [1.29, 1.82) is 0 Å². The molecule has 1 fully saturated rings. The van der Waals surface area contributed by atoms with E-state index in [-0.39, 0.29) is 17.7 Å². The average molecular weight is 325 g/mol. The number of hydrogen-bond acceptors (Lipinski definition) is 5. The Labute approximate surface area is 140 Å². The molecule has 3 rings (SSSR count). The Morgan fingerprint density at radius 3 is 2.54 bits per heavy atom. The number of benzene rings is 1. The van der Waals surface area contributed by atoms with E-state index in [4.69, 9.17) is 0 Å². The van der Waals surface area contributed by atoms with Gasteiger partial charge < -0.3 is 4.90 Å². The highest BCUT2D eigenvalue weighted by atomic mass is 16.2. The third-order valence-electron chi connectivity index (χ3n) is 3.96. The highest BCUT2D eigenvalue weighted by molar-refractivity contribution is 5.95. The van der Waals surface area contributed by atoms with Crippen LogP contribution in [-0.2, 0) is 4.79 Å². The standard InChI is InChI=1S/C17H19N5O2/c23-15(13-6-2-1-3-7-13)20-21-16(24)14-8-4-11-22(12-14)17-18-9-5-10-19-17/h1-3,5-7,9-10,14H,4,8,11-12H2,(H,20,23)(H,21,24)/t14-/m1/s1. The third kappa shape index (κ3) is 3.87. The molecule has 0 unspecified atom stereocenters. The van der Waals surface area contributed by atoms with Crippen LogP contribution < -0.4 is 15.8 Å². The summed E-state index contributed by atoms with van der Waals surface area (Å²) in [5, 5.41) is 0. The van der Waals surface area contributed by atoms with Crippen molar-refractivity contribution in [2.75, 3.05) is 18.0 Å². The van der Waals surface area contributed by atoms with Crippen LogP contribution in [0.5, 0.6) is 0 Å². The summed E-state index contributed by atoms with van der Waals surface area (Å²) in [6, 6.07) is 10.5. The van der Waals surface area contributed by atoms with Crippen LogP contribution in [-0.4, -0.2) is 34.9 Å². The number of nitrogens with zero attached hydrogens (tertiary/aromatic N) is 3. The van der Waals surface area contributed by atoms with E-state index in [9.17, 15) is 9.59 Å². The molecule has 2 N–H and O–H groups in total. The van der Waals surface area contributed by atoms with Crippen molar-refractivity contribution in [1.82, 2.24) is 20.8 Å². The van der Waals surface area contributed by atoms with Gasteiger partial charge in [0.25, 0.3) is 5.91 Å². The fraction of sp³-hybridized carbons (Fsp3) is 0.294. The summed E-state index contributed by atoms with van der Waals surface area (Å²) >= 11 is 0. The highest BCUT2D eigenvalue weighted by Crippen LogP contribution is 2.19. The zero-order valence-electron chi connectivity index (χ0n) is 13.2. The summed E-state index contributed by atoms with van der Waals surface area (Å²) in [5.41, 5.74) is 5.48. The molecule has 7 heteroatoms. The fourth-order valence-corrected chi connectivity index (χ4v) is 2.71. The SMILES string of the molecule is O=C(NNC(=O)[C@@H]1CCCN(c2ncccn2)C1)c1ccccc1. The smallest absolute Gasteiger partial charge is 0.269 e. The van der Waals surface area contributed by atoms with Crippen LogP contribution in [0.4, 0.5) is 5.95 Å². The average Bonchev–Trinajstić information content (AvgIpc) is 2.67. The molecule has 124 valence electrons. The molecule has 0 radical (unpaired) electrons. The molecule has 1 atom stereocenters. The van der Waals surface area contributed by atoms with Crippen LogP contribution >= 0.6 is 0 Å². The minimum Gasteiger partial charge on any atom is -0.340 e. The molecule has 1 aliphatic rings. The summed E-state index contributed by atoms with van der Waals surface area (Å²) in [6.07, 6.45) is 5.03. The lowest BCUT2D eigenvalue weighted by atomic mass is 9.98. The molecule has 0 spiro atoms. The summed E-state index contributed by atoms with van der Waals surface area (Å²) in [5.74, 6) is -0.107. The van der Waals surface area contributed by atoms with Crippen molar-refractivity contribution in [3.05, 3.63) is 54.4 Å². The van der Waals surface area contributed by atoms with E-state index in [1.165, 1.54) is 0 Å². The largest absolute Gasteiger partial charge is 0.340 e. The van der Waals surface area contributed by atoms with Crippen LogP contribution in [0.2, 0.25) is 0 Å². The molecule has 24 heavy (non-hydrogen) atoms. The van der Waals surface area contributed by atoms with Gasteiger partial charge in [-0.15, -0.1) is 0 Å². The normalized spacial score (nSPS) is 17.2. The predicted octanol–water partition coefficient (Wildman–Crippen LogP) is 1.15. The van der Waals surface area contributed by atoms with Crippen LogP contribution in [0.25, 0.3) is 0 Å². The van der Waals surface area contributed by atoms with E-state index >= 15 is 0 Å². The van der Waals surface area contributed by atoms with Crippen molar-refractivity contribution < 1.29 is 9.59 Å². The van der Waals surface area contributed by atoms with Gasteiger partial charge in [-0.05, 0) is 31.0 Å². The second kappa shape index (κ2) is 7.54. The fourth-order valence-electron chi connectivity index (χ4n) is 2.71. The number of anilines is 1. The van der Waals surface area contributed by atoms with Crippen LogP contribution in [0.15, 0.2) is 48.8 Å². The molecule has 2 heterocycles. The van der Waals surface area contributed by atoms with Gasteiger partial charge in [-0.1, -0.05) is 18.2 Å². The van der Waals surface area contributed by atoms with E-state index in [1.807, 2.05) is 11.0 Å². The Morgan fingerprint density at radius 2 is 1.79 bits per heavy atom. The molecule has 0 bridgehead atoms. The third-order valence-corrected chi connectivity index (χ3v) is 3.96. The molecule has 2 amide bonds. The first-order valence-electron chi connectivity index (χ1n) is 7.91. The van der Waals surface area contributed by atoms with E-state index in [0.717, 1.165) is 19.4 Å². The molecule has 1 aromatic heterocycles. The second-order valence-corrected chi connectivity index (χ2v) is 5.64. The number of aromatic nitrogens is 2. The van der Waals surface area contributed by atoms with Gasteiger partial charge in [-0.2, -0.15) is 0 Å². The first-order valence-corrected chi connectivity index (χ1v) is 7.91. The van der Waals surface area contributed by atoms with Crippen LogP contribution in [0.1, 0.15) is 23.2 Å². The minimum absolute atomic E-state index is 0.195. The zero-order chi connectivity index (χ0) is 16.8. The van der Waals surface area contributed by atoms with E-state index in [1.54, 1.807) is 42.7 Å². The Hall–Kier alpha value is -2.96. The van der Waals surface area contributed by atoms with Crippen molar-refractivity contribution in [2.24, 2.45) is 5.92 Å². The van der Waals surface area contributed by atoms with Gasteiger partial charge in [0.15, 0.2) is 0 Å². The number of rotatable bonds is 3. The monoisotopic (exact) mass is 325 g/mol. The predicted molar refractivity (Wildman–Crippen MR) is 89.0 cm³/mol. The molecule has 1 saturated heterocycles. The van der Waals surface area contributed by atoms with E-state index in [0.29, 0.717) is 18.1 Å². The Balaban J connectivity index is 1.54. The van der Waals surface area contributed by atoms with Crippen molar-refractivity contribution in [2.45, 2.75) is 12.8 Å². The van der Waals surface area contributed by atoms with Crippen molar-refractivity contribution >= 4 is 17.8 Å². The molecule has 0 aliphatic carbocycles. The first-order chi connectivity index (χ1) is 11.7. The van der Waals surface area contributed by atoms with Gasteiger partial charge in [0.05, 0.1) is 5.92 Å². The molecule has 2 aromatic rings. The molecular formula is C17H19N5O2. The van der Waals surface area contributed by atoms with Gasteiger partial charge in [-0.25, -0.2) is 9.97 Å². The van der Waals surface area contributed by atoms with E-state index < -0.39 is 0 Å². The van der Waals surface area contributed by atoms with Gasteiger partial charge in [-0.3, -0.25) is 20.4 Å². The number of carbonyl (C=O) groups excluding carboxylic acids is 2. The van der Waals surface area contributed by atoms with Crippen LogP contribution in [0.3, 0.4) is 0 Å². The summed E-state index contributed by atoms with van der Waals surface area (Å²) in [7, 11) is 0. The van der Waals surface area contributed by atoms with Crippen molar-refractivity contribution in [3.63, 3.8) is 0 Å². The zero-order valence-corrected chi connectivity index (χ0v) is 13.2. The summed E-state index contributed by atoms with van der Waals surface area (Å²) < 4.78 is 0. The highest BCUT2D eigenvalue weighted by Gasteiger charge is 2.27. The number of hydrazine groups is 1. The molecule has 1 aromatic carbocycles. The van der Waals surface area contributed by atoms with Gasteiger partial charge in [0.1, 0.15) is 0 Å². The number of carbonyl (C=O) groups is 2. The molecular weight excluding hydrogens is 306 g/mol. The maximum atomic E-state index is 12.3. The topological polar surface area (TPSA) is 87.2 Å². The lowest BCUT2D eigenvalue weighted by Gasteiger charge is -2.31. The number of nitrogens with one attached hydrogen (secondary N) is 2. The van der Waals surface area contributed by atoms with E-state index in [2.05, 4.69) is 20.8 Å². The quantitative estimate of drug-likeness (QED) is 0.827. The summed E-state index contributed by atoms with van der Waals surface area (Å²) in [6.45, 7) is 1.36. The summed E-state index contributed by atoms with van der Waals surface area (Å²) in [4.78, 5) is 34.7. The Morgan fingerprint density at radius 1 is 1.04 bits per heavy atom. The lowest BCUT2D eigenvalue weighted by Crippen LogP contribution is -2.49. The maximum absolute atomic E-state index is 12.3. The van der Waals surface area contributed by atoms with Gasteiger partial charge >= 0.3 is 0 Å². The maximum Gasteiger partial charge on any atom is 0.269 e. The minimum atomic E-state index is -0.331. The Bertz CT molecular complexity index is 693. The molecule has 1 aliphatic heterocycles.